The van der Waals surface area contributed by atoms with Crippen LogP contribution in [0.1, 0.15) is 44.7 Å². The summed E-state index contributed by atoms with van der Waals surface area (Å²) in [6, 6.07) is 7.67. The number of benzene rings is 1. The molecular weight excluding hydrogens is 238 g/mol. The van der Waals surface area contributed by atoms with E-state index in [0.29, 0.717) is 5.92 Å². The Hall–Kier alpha value is -1.35. The molecule has 2 N–H and O–H groups in total. The van der Waals surface area contributed by atoms with E-state index in [4.69, 9.17) is 10.5 Å². The smallest absolute Gasteiger partial charge is 0.322 e. The highest BCUT2D eigenvalue weighted by Crippen LogP contribution is 2.31. The molecule has 0 aliphatic heterocycles. The van der Waals surface area contributed by atoms with Gasteiger partial charge >= 0.3 is 5.97 Å². The Morgan fingerprint density at radius 2 is 1.74 bits per heavy atom. The zero-order chi connectivity index (χ0) is 14.6. The molecule has 0 saturated heterocycles. The molecule has 3 nitrogen and oxygen atoms in total. The molecule has 0 aromatic heterocycles. The van der Waals surface area contributed by atoms with E-state index in [1.807, 2.05) is 19.1 Å². The minimum atomic E-state index is -0.577. The van der Waals surface area contributed by atoms with Crippen molar-refractivity contribution in [3.8, 4) is 0 Å². The fourth-order valence-electron chi connectivity index (χ4n) is 2.48. The Balaban J connectivity index is 2.96. The lowest BCUT2D eigenvalue weighted by Gasteiger charge is -2.29. The van der Waals surface area contributed by atoms with Crippen molar-refractivity contribution >= 4 is 5.97 Å². The highest BCUT2D eigenvalue weighted by molar-refractivity contribution is 5.75. The topological polar surface area (TPSA) is 52.3 Å². The van der Waals surface area contributed by atoms with Crippen molar-refractivity contribution in [2.45, 2.75) is 52.7 Å². The molecule has 1 aromatic carbocycles. The maximum atomic E-state index is 11.6. The van der Waals surface area contributed by atoms with Crippen LogP contribution in [0.25, 0.3) is 0 Å². The normalized spacial score (nSPS) is 15.9. The van der Waals surface area contributed by atoms with Crippen molar-refractivity contribution in [2.24, 2.45) is 11.7 Å². The molecule has 0 aliphatic carbocycles. The summed E-state index contributed by atoms with van der Waals surface area (Å²) >= 11 is 0. The molecule has 0 amide bonds. The van der Waals surface area contributed by atoms with E-state index in [9.17, 15) is 4.79 Å². The van der Waals surface area contributed by atoms with Gasteiger partial charge in [-0.3, -0.25) is 4.79 Å². The van der Waals surface area contributed by atoms with E-state index in [2.05, 4.69) is 32.9 Å². The molecule has 0 bridgehead atoms. The number of aryl methyl sites for hydroxylation is 1. The van der Waals surface area contributed by atoms with Crippen LogP contribution < -0.4 is 5.73 Å². The van der Waals surface area contributed by atoms with Gasteiger partial charge in [0.25, 0.3) is 0 Å². The number of carbonyl (C=O) groups excluding carboxylic acids is 1. The van der Waals surface area contributed by atoms with Gasteiger partial charge in [0.1, 0.15) is 12.1 Å². The van der Waals surface area contributed by atoms with E-state index >= 15 is 0 Å². The molecule has 0 fully saturated rings. The Bertz CT molecular complexity index is 427. The van der Waals surface area contributed by atoms with Crippen LogP contribution in [0, 0.1) is 12.8 Å². The van der Waals surface area contributed by atoms with Crippen LogP contribution in [0.4, 0.5) is 0 Å². The van der Waals surface area contributed by atoms with Crippen LogP contribution in [0.3, 0.4) is 0 Å². The van der Waals surface area contributed by atoms with Gasteiger partial charge in [-0.05, 0) is 37.8 Å². The van der Waals surface area contributed by atoms with Crippen LogP contribution in [-0.2, 0) is 9.53 Å². The number of nitrogens with two attached hydrogens (primary N) is 1. The van der Waals surface area contributed by atoms with Gasteiger partial charge in [0.05, 0.1) is 0 Å². The van der Waals surface area contributed by atoms with Gasteiger partial charge in [0, 0.05) is 5.92 Å². The molecule has 1 rings (SSSR count). The Morgan fingerprint density at radius 3 is 2.21 bits per heavy atom. The monoisotopic (exact) mass is 263 g/mol. The number of rotatable bonds is 5. The Morgan fingerprint density at radius 1 is 1.16 bits per heavy atom. The average molecular weight is 263 g/mol. The third-order valence-electron chi connectivity index (χ3n) is 3.45. The summed E-state index contributed by atoms with van der Waals surface area (Å²) in [5.41, 5.74) is 8.02. The molecule has 0 aliphatic rings. The largest absolute Gasteiger partial charge is 0.461 e. The number of ether oxygens (including phenoxy) is 1. The van der Waals surface area contributed by atoms with Crippen molar-refractivity contribution in [2.75, 3.05) is 0 Å². The molecule has 0 heterocycles. The van der Waals surface area contributed by atoms with Crippen LogP contribution in [0.2, 0.25) is 0 Å². The summed E-state index contributed by atoms with van der Waals surface area (Å²) in [6.45, 7) is 9.97. The van der Waals surface area contributed by atoms with Gasteiger partial charge in [0.2, 0.25) is 0 Å². The van der Waals surface area contributed by atoms with E-state index in [1.165, 1.54) is 11.1 Å². The molecule has 3 heteroatoms. The SMILES string of the molecule is Cc1ccccc1[C@H](C(C)C)[C@H](C)OC(=O)[C@H](C)N. The molecule has 1 aromatic rings. The third-order valence-corrected chi connectivity index (χ3v) is 3.45. The van der Waals surface area contributed by atoms with Gasteiger partial charge in [0.15, 0.2) is 0 Å². The van der Waals surface area contributed by atoms with E-state index in [-0.39, 0.29) is 18.0 Å². The summed E-state index contributed by atoms with van der Waals surface area (Å²) in [4.78, 5) is 11.6. The van der Waals surface area contributed by atoms with Crippen LogP contribution in [-0.4, -0.2) is 18.1 Å². The second kappa shape index (κ2) is 6.71. The maximum absolute atomic E-state index is 11.6. The fourth-order valence-corrected chi connectivity index (χ4v) is 2.48. The van der Waals surface area contributed by atoms with Crippen LogP contribution in [0.5, 0.6) is 0 Å². The summed E-state index contributed by atoms with van der Waals surface area (Å²) in [5.74, 6) is 0.229. The predicted molar refractivity (Wildman–Crippen MR) is 78.0 cm³/mol. The van der Waals surface area contributed by atoms with Crippen molar-refractivity contribution in [1.29, 1.82) is 0 Å². The zero-order valence-corrected chi connectivity index (χ0v) is 12.5. The minimum absolute atomic E-state index is 0.181. The van der Waals surface area contributed by atoms with Crippen molar-refractivity contribution in [3.05, 3.63) is 35.4 Å². The van der Waals surface area contributed by atoms with Crippen molar-refractivity contribution < 1.29 is 9.53 Å². The maximum Gasteiger partial charge on any atom is 0.322 e. The quantitative estimate of drug-likeness (QED) is 0.831. The first-order valence-electron chi connectivity index (χ1n) is 6.86. The van der Waals surface area contributed by atoms with Crippen molar-refractivity contribution in [1.82, 2.24) is 0 Å². The molecule has 0 spiro atoms. The minimum Gasteiger partial charge on any atom is -0.461 e. The van der Waals surface area contributed by atoms with E-state index in [0.717, 1.165) is 0 Å². The second-order valence-corrected chi connectivity index (χ2v) is 5.56. The number of hydrogen-bond acceptors (Lipinski definition) is 3. The summed E-state index contributed by atoms with van der Waals surface area (Å²) in [5, 5.41) is 0. The number of esters is 1. The van der Waals surface area contributed by atoms with Crippen molar-refractivity contribution in [3.63, 3.8) is 0 Å². The van der Waals surface area contributed by atoms with Gasteiger partial charge in [-0.1, -0.05) is 38.1 Å². The first kappa shape index (κ1) is 15.7. The molecule has 3 atom stereocenters. The number of hydrogen-bond donors (Lipinski definition) is 1. The Labute approximate surface area is 116 Å². The zero-order valence-electron chi connectivity index (χ0n) is 12.5. The first-order valence-corrected chi connectivity index (χ1v) is 6.86. The molecule has 0 saturated carbocycles. The van der Waals surface area contributed by atoms with Crippen LogP contribution >= 0.6 is 0 Å². The summed E-state index contributed by atoms with van der Waals surface area (Å²) in [6.07, 6.45) is -0.181. The highest BCUT2D eigenvalue weighted by atomic mass is 16.5. The first-order chi connectivity index (χ1) is 8.84. The average Bonchev–Trinajstić information content (AvgIpc) is 2.31. The highest BCUT2D eigenvalue weighted by Gasteiger charge is 2.27. The molecule has 0 radical (unpaired) electrons. The lowest BCUT2D eigenvalue weighted by atomic mass is 9.82. The molecular formula is C16H25NO2. The van der Waals surface area contributed by atoms with Gasteiger partial charge in [-0.25, -0.2) is 0 Å². The van der Waals surface area contributed by atoms with Gasteiger partial charge < -0.3 is 10.5 Å². The lowest BCUT2D eigenvalue weighted by molar-refractivity contribution is -0.151. The summed E-state index contributed by atoms with van der Waals surface area (Å²) in [7, 11) is 0. The third kappa shape index (κ3) is 4.06. The molecule has 19 heavy (non-hydrogen) atoms. The molecule has 0 unspecified atom stereocenters. The standard InChI is InChI=1S/C16H25NO2/c1-10(2)15(13(5)19-16(18)12(4)17)14-9-7-6-8-11(14)3/h6-10,12-13,15H,17H2,1-5H3/t12-,13-,15+/m0/s1. The number of carbonyl (C=O) groups is 1. The van der Waals surface area contributed by atoms with E-state index < -0.39 is 6.04 Å². The van der Waals surface area contributed by atoms with Gasteiger partial charge in [-0.15, -0.1) is 0 Å². The predicted octanol–water partition coefficient (Wildman–Crippen LogP) is 3.01. The lowest BCUT2D eigenvalue weighted by Crippen LogP contribution is -2.34. The van der Waals surface area contributed by atoms with Crippen LogP contribution in [0.15, 0.2) is 24.3 Å². The molecule has 106 valence electrons. The Kier molecular flexibility index (Phi) is 5.55. The second-order valence-electron chi connectivity index (χ2n) is 5.56. The fraction of sp³-hybridized carbons (Fsp3) is 0.562. The van der Waals surface area contributed by atoms with E-state index in [1.54, 1.807) is 6.92 Å². The van der Waals surface area contributed by atoms with Gasteiger partial charge in [-0.2, -0.15) is 0 Å². The summed E-state index contributed by atoms with van der Waals surface area (Å²) < 4.78 is 5.48.